The van der Waals surface area contributed by atoms with Crippen molar-refractivity contribution in [1.82, 2.24) is 9.97 Å². The molecule has 0 radical (unpaired) electrons. The predicted molar refractivity (Wildman–Crippen MR) is 68.6 cm³/mol. The van der Waals surface area contributed by atoms with E-state index in [9.17, 15) is 4.79 Å². The average Bonchev–Trinajstić information content (AvgIpc) is 2.68. The molecule has 2 aromatic heterocycles. The van der Waals surface area contributed by atoms with Crippen LogP contribution in [-0.4, -0.2) is 26.8 Å². The molecule has 0 unspecified atom stereocenters. The number of thiophene rings is 1. The minimum Gasteiger partial charge on any atom is -0.481 e. The number of aliphatic carboxylic acids is 1. The number of rotatable bonds is 5. The highest BCUT2D eigenvalue weighted by Crippen LogP contribution is 2.31. The van der Waals surface area contributed by atoms with Crippen molar-refractivity contribution in [2.75, 3.05) is 5.75 Å². The van der Waals surface area contributed by atoms with Gasteiger partial charge in [-0.2, -0.15) is 5.53 Å². The van der Waals surface area contributed by atoms with Crippen molar-refractivity contribution < 1.29 is 15.4 Å². The number of aromatic nitrogens is 2. The molecular formula is C10H11N4O2S2+. The minimum atomic E-state index is -0.864. The molecule has 18 heavy (non-hydrogen) atoms. The maximum absolute atomic E-state index is 10.6. The van der Waals surface area contributed by atoms with Gasteiger partial charge in [0.25, 0.3) is 0 Å². The minimum absolute atomic E-state index is 0.0159. The van der Waals surface area contributed by atoms with E-state index in [0.29, 0.717) is 17.4 Å². The summed E-state index contributed by atoms with van der Waals surface area (Å²) in [5.41, 5.74) is 5.16. The highest BCUT2D eigenvalue weighted by molar-refractivity contribution is 8.00. The smallest absolute Gasteiger partial charge is 0.313 e. The van der Waals surface area contributed by atoms with Crippen LogP contribution >= 0.6 is 23.1 Å². The highest BCUT2D eigenvalue weighted by Gasteiger charge is 2.12. The second kappa shape index (κ2) is 5.40. The Kier molecular flexibility index (Phi) is 3.87. The molecular weight excluding hydrogens is 272 g/mol. The van der Waals surface area contributed by atoms with Crippen LogP contribution in [-0.2, 0) is 11.3 Å². The van der Waals surface area contributed by atoms with Crippen molar-refractivity contribution in [3.63, 3.8) is 0 Å². The van der Waals surface area contributed by atoms with Crippen LogP contribution in [0.5, 0.6) is 0 Å². The fraction of sp³-hybridized carbons (Fsp3) is 0.300. The van der Waals surface area contributed by atoms with Gasteiger partial charge >= 0.3 is 5.97 Å². The Hall–Kier alpha value is -1.54. The van der Waals surface area contributed by atoms with Crippen molar-refractivity contribution in [2.45, 2.75) is 18.5 Å². The highest BCUT2D eigenvalue weighted by atomic mass is 32.2. The van der Waals surface area contributed by atoms with Crippen molar-refractivity contribution in [2.24, 2.45) is 5.11 Å². The molecule has 2 rings (SSSR count). The number of nitrogens with zero attached hydrogens (tertiary/aromatic N) is 3. The first-order valence-electron chi connectivity index (χ1n) is 5.08. The van der Waals surface area contributed by atoms with Crippen LogP contribution in [0.1, 0.15) is 10.7 Å². The van der Waals surface area contributed by atoms with E-state index in [2.05, 4.69) is 15.1 Å². The van der Waals surface area contributed by atoms with Crippen LogP contribution in [0.3, 0.4) is 0 Å². The van der Waals surface area contributed by atoms with Gasteiger partial charge in [-0.15, -0.1) is 11.3 Å². The lowest BCUT2D eigenvalue weighted by Crippen LogP contribution is -2.23. The van der Waals surface area contributed by atoms with Gasteiger partial charge in [0, 0.05) is 10.3 Å². The normalized spacial score (nSPS) is 10.7. The molecule has 3 N–H and O–H groups in total. The van der Waals surface area contributed by atoms with Crippen molar-refractivity contribution in [1.29, 1.82) is 0 Å². The third-order valence-corrected chi connectivity index (χ3v) is 4.09. The molecule has 0 saturated carbocycles. The summed E-state index contributed by atoms with van der Waals surface area (Å²) < 4.78 is 0. The number of aryl methyl sites for hydroxylation is 1. The average molecular weight is 283 g/mol. The Morgan fingerprint density at radius 3 is 3.06 bits per heavy atom. The zero-order chi connectivity index (χ0) is 13.1. The third-order valence-electron chi connectivity index (χ3n) is 2.10. The van der Waals surface area contributed by atoms with Crippen molar-refractivity contribution >= 4 is 39.3 Å². The van der Waals surface area contributed by atoms with Crippen molar-refractivity contribution in [3.05, 3.63) is 16.8 Å². The molecule has 0 aliphatic heterocycles. The molecule has 0 atom stereocenters. The summed E-state index contributed by atoms with van der Waals surface area (Å²) in [6, 6.07) is 1.92. The molecule has 0 aliphatic carbocycles. The lowest BCUT2D eigenvalue weighted by Gasteiger charge is -2.00. The number of fused-ring (bicyclic) bond motifs is 1. The monoisotopic (exact) mass is 283 g/mol. The van der Waals surface area contributed by atoms with E-state index in [0.717, 1.165) is 15.1 Å². The van der Waals surface area contributed by atoms with E-state index in [1.165, 1.54) is 23.1 Å². The molecule has 0 fully saturated rings. The summed E-state index contributed by atoms with van der Waals surface area (Å²) in [7, 11) is 0. The van der Waals surface area contributed by atoms with Gasteiger partial charge in [0.05, 0.1) is 5.75 Å². The summed E-state index contributed by atoms with van der Waals surface area (Å²) >= 11 is 2.70. The Morgan fingerprint density at radius 1 is 1.61 bits per heavy atom. The summed E-state index contributed by atoms with van der Waals surface area (Å²) in [5, 5.41) is 13.9. The summed E-state index contributed by atoms with van der Waals surface area (Å²) in [4.78, 5) is 21.1. The SMILES string of the molecule is Cc1nc(SCC(=O)O)c2cc(CN=[NH2+])sc2n1. The van der Waals surface area contributed by atoms with E-state index in [1.54, 1.807) is 6.92 Å². The predicted octanol–water partition coefficient (Wildman–Crippen LogP) is 0.888. The second-order valence-electron chi connectivity index (χ2n) is 3.53. The van der Waals surface area contributed by atoms with Crippen LogP contribution in [0.25, 0.3) is 10.2 Å². The van der Waals surface area contributed by atoms with Crippen LogP contribution < -0.4 is 5.53 Å². The van der Waals surface area contributed by atoms with E-state index < -0.39 is 5.97 Å². The number of hydrogen-bond acceptors (Lipinski definition) is 6. The van der Waals surface area contributed by atoms with Gasteiger partial charge in [-0.3, -0.25) is 4.79 Å². The Balaban J connectivity index is 2.43. The first-order chi connectivity index (χ1) is 8.60. The number of carboxylic acid groups (broad SMARTS) is 1. The maximum atomic E-state index is 10.6. The number of carboxylic acids is 1. The van der Waals surface area contributed by atoms with E-state index in [1.807, 2.05) is 6.07 Å². The zero-order valence-electron chi connectivity index (χ0n) is 9.58. The topological polar surface area (TPSA) is 101 Å². The van der Waals surface area contributed by atoms with Gasteiger partial charge in [0.15, 0.2) is 0 Å². The maximum Gasteiger partial charge on any atom is 0.313 e. The van der Waals surface area contributed by atoms with Crippen LogP contribution in [0.4, 0.5) is 0 Å². The van der Waals surface area contributed by atoms with E-state index in [4.69, 9.17) is 10.6 Å². The number of carbonyl (C=O) groups is 1. The molecule has 2 aromatic rings. The third kappa shape index (κ3) is 2.82. The molecule has 0 bridgehead atoms. The molecule has 0 aliphatic rings. The zero-order valence-corrected chi connectivity index (χ0v) is 11.2. The molecule has 94 valence electrons. The quantitative estimate of drug-likeness (QED) is 0.482. The number of hydrogen-bond donors (Lipinski definition) is 2. The first-order valence-corrected chi connectivity index (χ1v) is 6.88. The molecule has 0 spiro atoms. The van der Waals surface area contributed by atoms with E-state index in [-0.39, 0.29) is 5.75 Å². The fourth-order valence-electron chi connectivity index (χ4n) is 1.45. The molecule has 0 amide bonds. The molecule has 2 heterocycles. The fourth-order valence-corrected chi connectivity index (χ4v) is 3.29. The lowest BCUT2D eigenvalue weighted by atomic mass is 10.3. The summed E-state index contributed by atoms with van der Waals surface area (Å²) in [6.45, 7) is 2.22. The van der Waals surface area contributed by atoms with Gasteiger partial charge in [-0.05, 0) is 18.1 Å². The Bertz CT molecular complexity index is 611. The van der Waals surface area contributed by atoms with Crippen LogP contribution in [0.2, 0.25) is 0 Å². The van der Waals surface area contributed by atoms with Gasteiger partial charge < -0.3 is 5.11 Å². The summed E-state index contributed by atoms with van der Waals surface area (Å²) in [5.74, 6) is -0.247. The Labute approximate surface area is 111 Å². The molecule has 8 heteroatoms. The van der Waals surface area contributed by atoms with Crippen molar-refractivity contribution in [3.8, 4) is 0 Å². The second-order valence-corrected chi connectivity index (χ2v) is 5.61. The van der Waals surface area contributed by atoms with Gasteiger partial charge in [-0.25, -0.2) is 9.97 Å². The van der Waals surface area contributed by atoms with Gasteiger partial charge in [0.1, 0.15) is 22.2 Å². The number of thioether (sulfide) groups is 1. The van der Waals surface area contributed by atoms with E-state index >= 15 is 0 Å². The lowest BCUT2D eigenvalue weighted by molar-refractivity contribution is -0.223. The summed E-state index contributed by atoms with van der Waals surface area (Å²) in [6.07, 6.45) is 0. The largest absolute Gasteiger partial charge is 0.481 e. The van der Waals surface area contributed by atoms with Gasteiger partial charge in [-0.1, -0.05) is 11.8 Å². The molecule has 0 saturated heterocycles. The molecule has 0 aromatic carbocycles. The Morgan fingerprint density at radius 2 is 2.39 bits per heavy atom. The van der Waals surface area contributed by atoms with Crippen LogP contribution in [0, 0.1) is 6.92 Å². The standard InChI is InChI=1S/C10H10N4O2S2/c1-5-13-9(17-4-8(15)16)7-2-6(3-12-11)18-10(7)14-5/h2,11H,3-4H2,1H3,(H,15,16)/p+1. The molecule has 6 nitrogen and oxygen atoms in total. The number of nitrogens with two attached hydrogens (primary N) is 1. The van der Waals surface area contributed by atoms with Crippen LogP contribution in [0.15, 0.2) is 16.2 Å². The first kappa shape index (κ1) is 12.9. The van der Waals surface area contributed by atoms with Gasteiger partial charge in [0.2, 0.25) is 0 Å².